The van der Waals surface area contributed by atoms with E-state index in [1.165, 1.54) is 5.56 Å². The van der Waals surface area contributed by atoms with E-state index in [0.29, 0.717) is 5.92 Å². The second-order valence-electron chi connectivity index (χ2n) is 5.30. The molecule has 0 amide bonds. The number of ether oxygens (including phenoxy) is 1. The topological polar surface area (TPSA) is 21.3 Å². The molecule has 0 aromatic heterocycles. The second kappa shape index (κ2) is 4.18. The van der Waals surface area contributed by atoms with Crippen molar-refractivity contribution in [1.29, 1.82) is 0 Å². The summed E-state index contributed by atoms with van der Waals surface area (Å²) in [6, 6.07) is 6.08. The van der Waals surface area contributed by atoms with Gasteiger partial charge in [0.25, 0.3) is 0 Å². The molecule has 2 heterocycles. The molecule has 1 saturated heterocycles. The molecule has 1 aromatic rings. The molecule has 2 nitrogen and oxygen atoms in total. The summed E-state index contributed by atoms with van der Waals surface area (Å²) in [5.74, 6) is 1.46. The molecule has 1 spiro atoms. The zero-order valence-electron chi connectivity index (χ0n) is 10.1. The van der Waals surface area contributed by atoms with Crippen LogP contribution in [0.2, 0.25) is 5.02 Å². The molecule has 0 bridgehead atoms. The van der Waals surface area contributed by atoms with Crippen LogP contribution in [0, 0.1) is 0 Å². The normalized spacial score (nSPS) is 26.4. The number of benzene rings is 1. The van der Waals surface area contributed by atoms with Gasteiger partial charge in [0.05, 0.1) is 5.02 Å². The van der Waals surface area contributed by atoms with Crippen molar-refractivity contribution >= 4 is 11.6 Å². The summed E-state index contributed by atoms with van der Waals surface area (Å²) in [6.45, 7) is 4.38. The highest BCUT2D eigenvalue weighted by molar-refractivity contribution is 6.32. The summed E-state index contributed by atoms with van der Waals surface area (Å²) in [5, 5.41) is 4.15. The van der Waals surface area contributed by atoms with Gasteiger partial charge < -0.3 is 10.1 Å². The average Bonchev–Trinajstić information content (AvgIpc) is 2.32. The van der Waals surface area contributed by atoms with Gasteiger partial charge in [-0.2, -0.15) is 0 Å². The van der Waals surface area contributed by atoms with Crippen LogP contribution in [0.1, 0.15) is 37.7 Å². The lowest BCUT2D eigenvalue weighted by molar-refractivity contribution is 0.00935. The van der Waals surface area contributed by atoms with Gasteiger partial charge in [-0.3, -0.25) is 0 Å². The maximum absolute atomic E-state index is 6.29. The van der Waals surface area contributed by atoms with E-state index in [4.69, 9.17) is 16.3 Å². The Hall–Kier alpha value is -0.730. The second-order valence-corrected chi connectivity index (χ2v) is 5.71. The Morgan fingerprint density at radius 2 is 2.12 bits per heavy atom. The lowest BCUT2D eigenvalue weighted by Crippen LogP contribution is -2.48. The molecule has 1 fully saturated rings. The Morgan fingerprint density at radius 1 is 1.35 bits per heavy atom. The maximum Gasteiger partial charge on any atom is 0.142 e. The molecule has 0 radical (unpaired) electrons. The molecule has 2 aliphatic rings. The molecule has 1 aromatic carbocycles. The number of fused-ring (bicyclic) bond motifs is 1. The third-order valence-corrected chi connectivity index (χ3v) is 4.34. The lowest BCUT2D eigenvalue weighted by atomic mass is 9.78. The quantitative estimate of drug-likeness (QED) is 0.764. The third-order valence-electron chi connectivity index (χ3n) is 4.04. The molecule has 0 saturated carbocycles. The first-order chi connectivity index (χ1) is 8.20. The molecule has 0 aliphatic carbocycles. The number of piperidine rings is 1. The van der Waals surface area contributed by atoms with E-state index in [9.17, 15) is 0 Å². The van der Waals surface area contributed by atoms with Crippen LogP contribution in [0.4, 0.5) is 0 Å². The van der Waals surface area contributed by atoms with Gasteiger partial charge in [-0.05, 0) is 49.9 Å². The summed E-state index contributed by atoms with van der Waals surface area (Å²) in [4.78, 5) is 0. The van der Waals surface area contributed by atoms with Gasteiger partial charge in [-0.15, -0.1) is 0 Å². The van der Waals surface area contributed by atoms with E-state index in [2.05, 4.69) is 18.3 Å². The van der Waals surface area contributed by atoms with Crippen molar-refractivity contribution in [3.63, 3.8) is 0 Å². The fraction of sp³-hybridized carbons (Fsp3) is 0.571. The van der Waals surface area contributed by atoms with Crippen LogP contribution in [-0.4, -0.2) is 18.7 Å². The Balaban J connectivity index is 1.99. The Morgan fingerprint density at radius 3 is 2.88 bits per heavy atom. The smallest absolute Gasteiger partial charge is 0.142 e. The predicted molar refractivity (Wildman–Crippen MR) is 69.9 cm³/mol. The van der Waals surface area contributed by atoms with E-state index < -0.39 is 0 Å². The molecule has 3 rings (SSSR count). The largest absolute Gasteiger partial charge is 0.485 e. The van der Waals surface area contributed by atoms with Crippen molar-refractivity contribution in [2.75, 3.05) is 13.1 Å². The van der Waals surface area contributed by atoms with Crippen molar-refractivity contribution in [2.24, 2.45) is 0 Å². The Bertz CT molecular complexity index is 426. The summed E-state index contributed by atoms with van der Waals surface area (Å²) in [5.41, 5.74) is 1.28. The zero-order valence-corrected chi connectivity index (χ0v) is 10.9. The van der Waals surface area contributed by atoms with Crippen LogP contribution in [0.5, 0.6) is 5.75 Å². The maximum atomic E-state index is 6.29. The molecule has 1 atom stereocenters. The summed E-state index contributed by atoms with van der Waals surface area (Å²) in [6.07, 6.45) is 3.28. The fourth-order valence-electron chi connectivity index (χ4n) is 3.14. The van der Waals surface area contributed by atoms with Crippen molar-refractivity contribution in [3.8, 4) is 5.75 Å². The molecular formula is C14H18ClNO. The standard InChI is InChI=1S/C14H18ClNO/c1-10-9-14(5-7-16-8-6-14)17-13-11(10)3-2-4-12(13)15/h2-4,10,16H,5-9H2,1H3. The van der Waals surface area contributed by atoms with Gasteiger partial charge >= 0.3 is 0 Å². The van der Waals surface area contributed by atoms with Gasteiger partial charge in [0.15, 0.2) is 0 Å². The van der Waals surface area contributed by atoms with E-state index in [1.54, 1.807) is 0 Å². The highest BCUT2D eigenvalue weighted by Gasteiger charge is 2.40. The minimum Gasteiger partial charge on any atom is -0.485 e. The number of rotatable bonds is 0. The number of halogens is 1. The molecule has 1 N–H and O–H groups in total. The van der Waals surface area contributed by atoms with E-state index in [1.807, 2.05) is 12.1 Å². The number of hydrogen-bond acceptors (Lipinski definition) is 2. The van der Waals surface area contributed by atoms with Gasteiger partial charge in [0, 0.05) is 0 Å². The predicted octanol–water partition coefficient (Wildman–Crippen LogP) is 3.35. The van der Waals surface area contributed by atoms with Crippen LogP contribution in [-0.2, 0) is 0 Å². The molecular weight excluding hydrogens is 234 g/mol. The summed E-state index contributed by atoms with van der Waals surface area (Å²) < 4.78 is 6.29. The highest BCUT2D eigenvalue weighted by atomic mass is 35.5. The summed E-state index contributed by atoms with van der Waals surface area (Å²) >= 11 is 6.27. The van der Waals surface area contributed by atoms with Gasteiger partial charge in [-0.1, -0.05) is 30.7 Å². The molecule has 1 unspecified atom stereocenters. The minimum absolute atomic E-state index is 0.0165. The van der Waals surface area contributed by atoms with Gasteiger partial charge in [0.2, 0.25) is 0 Å². The van der Waals surface area contributed by atoms with Gasteiger partial charge in [0.1, 0.15) is 11.4 Å². The van der Waals surface area contributed by atoms with Crippen molar-refractivity contribution in [1.82, 2.24) is 5.32 Å². The first-order valence-corrected chi connectivity index (χ1v) is 6.76. The van der Waals surface area contributed by atoms with E-state index in [-0.39, 0.29) is 5.60 Å². The van der Waals surface area contributed by atoms with E-state index >= 15 is 0 Å². The minimum atomic E-state index is 0.0165. The zero-order chi connectivity index (χ0) is 11.9. The first kappa shape index (κ1) is 11.4. The van der Waals surface area contributed by atoms with E-state index in [0.717, 1.165) is 43.1 Å². The average molecular weight is 252 g/mol. The molecule has 92 valence electrons. The van der Waals surface area contributed by atoms with Crippen LogP contribution < -0.4 is 10.1 Å². The third kappa shape index (κ3) is 1.94. The summed E-state index contributed by atoms with van der Waals surface area (Å²) in [7, 11) is 0. The molecule has 17 heavy (non-hydrogen) atoms. The lowest BCUT2D eigenvalue weighted by Gasteiger charge is -2.44. The SMILES string of the molecule is CC1CC2(CCNCC2)Oc2c(Cl)cccc21. The molecule has 3 heteroatoms. The van der Waals surface area contributed by atoms with Crippen molar-refractivity contribution in [2.45, 2.75) is 37.7 Å². The number of nitrogens with one attached hydrogen (secondary N) is 1. The van der Waals surface area contributed by atoms with Crippen LogP contribution in [0.25, 0.3) is 0 Å². The Labute approximate surface area is 107 Å². The monoisotopic (exact) mass is 251 g/mol. The van der Waals surface area contributed by atoms with Crippen molar-refractivity contribution < 1.29 is 4.74 Å². The molecule has 2 aliphatic heterocycles. The van der Waals surface area contributed by atoms with Crippen molar-refractivity contribution in [3.05, 3.63) is 28.8 Å². The number of para-hydroxylation sites is 1. The fourth-order valence-corrected chi connectivity index (χ4v) is 3.36. The van der Waals surface area contributed by atoms with Gasteiger partial charge in [-0.25, -0.2) is 0 Å². The first-order valence-electron chi connectivity index (χ1n) is 6.38. The number of hydrogen-bond donors (Lipinski definition) is 1. The highest BCUT2D eigenvalue weighted by Crippen LogP contribution is 2.47. The van der Waals surface area contributed by atoms with Crippen LogP contribution in [0.3, 0.4) is 0 Å². The van der Waals surface area contributed by atoms with Crippen LogP contribution >= 0.6 is 11.6 Å². The van der Waals surface area contributed by atoms with Crippen LogP contribution in [0.15, 0.2) is 18.2 Å². The Kier molecular flexibility index (Phi) is 2.80.